The second kappa shape index (κ2) is 9.73. The van der Waals surface area contributed by atoms with E-state index in [9.17, 15) is 14.0 Å². The molecule has 11 heteroatoms. The van der Waals surface area contributed by atoms with E-state index in [1.165, 1.54) is 30.3 Å². The second-order valence-corrected chi connectivity index (χ2v) is 10.8. The molecule has 0 aromatic heterocycles. The number of halogens is 7. The first-order valence-electron chi connectivity index (χ1n) is 9.68. The maximum absolute atomic E-state index is 14.0. The van der Waals surface area contributed by atoms with Crippen LogP contribution in [0.3, 0.4) is 0 Å². The first-order valence-corrected chi connectivity index (χ1v) is 11.9. The van der Waals surface area contributed by atoms with Gasteiger partial charge in [-0.05, 0) is 60.2 Å². The highest BCUT2D eigenvalue weighted by Crippen LogP contribution is 2.65. The number of rotatable bonds is 5. The summed E-state index contributed by atoms with van der Waals surface area (Å²) in [5.74, 6) is -3.17. The molecule has 4 nitrogen and oxygen atoms in total. The maximum atomic E-state index is 14.0. The summed E-state index contributed by atoms with van der Waals surface area (Å²) in [6, 6.07) is 13.0. The third-order valence-corrected chi connectivity index (χ3v) is 7.18. The molecule has 1 aliphatic carbocycles. The molecule has 0 saturated heterocycles. The third kappa shape index (κ3) is 5.25. The Kier molecular flexibility index (Phi) is 7.26. The fourth-order valence-electron chi connectivity index (χ4n) is 3.60. The van der Waals surface area contributed by atoms with Crippen LogP contribution in [0.2, 0.25) is 20.1 Å². The fraction of sp³-hybridized carbons (Fsp3) is 0.130. The SMILES string of the molecule is O=C(Nc1ccc(Cl)cc1F)c1cc(NC(=O)C2C(c3cc(Cl)cc(Cl)c3)C2(Cl)Cl)ccc1Cl. The van der Waals surface area contributed by atoms with Gasteiger partial charge in [0.05, 0.1) is 22.2 Å². The molecule has 34 heavy (non-hydrogen) atoms. The highest BCUT2D eigenvalue weighted by molar-refractivity contribution is 6.53. The average molecular weight is 581 g/mol. The van der Waals surface area contributed by atoms with Crippen molar-refractivity contribution in [3.8, 4) is 0 Å². The smallest absolute Gasteiger partial charge is 0.257 e. The van der Waals surface area contributed by atoms with E-state index in [0.29, 0.717) is 15.6 Å². The van der Waals surface area contributed by atoms with Crippen molar-refractivity contribution in [2.45, 2.75) is 10.3 Å². The standard InChI is InChI=1S/C23H13Cl6FN2O2/c24-11-1-4-18(17(30)8-11)32-21(33)15-9-14(2-3-16(15)27)31-22(34)20-19(23(20,28)29)10-5-12(25)7-13(26)6-10/h1-9,19-20H,(H,31,34)(H,32,33). The number of alkyl halides is 2. The van der Waals surface area contributed by atoms with Crippen LogP contribution in [-0.2, 0) is 4.79 Å². The Morgan fingerprint density at radius 1 is 0.824 bits per heavy atom. The van der Waals surface area contributed by atoms with E-state index >= 15 is 0 Å². The average Bonchev–Trinajstić information content (AvgIpc) is 3.33. The first-order chi connectivity index (χ1) is 16.0. The van der Waals surface area contributed by atoms with Crippen molar-refractivity contribution < 1.29 is 14.0 Å². The van der Waals surface area contributed by atoms with Gasteiger partial charge in [-0.25, -0.2) is 4.39 Å². The van der Waals surface area contributed by atoms with Gasteiger partial charge in [0, 0.05) is 26.7 Å². The minimum atomic E-state index is -1.36. The quantitative estimate of drug-likeness (QED) is 0.299. The first kappa shape index (κ1) is 25.4. The van der Waals surface area contributed by atoms with E-state index in [4.69, 9.17) is 69.6 Å². The van der Waals surface area contributed by atoms with Crippen LogP contribution in [0.1, 0.15) is 21.8 Å². The number of nitrogens with one attached hydrogen (secondary N) is 2. The summed E-state index contributed by atoms with van der Waals surface area (Å²) in [5, 5.41) is 6.19. The van der Waals surface area contributed by atoms with Crippen LogP contribution in [0.5, 0.6) is 0 Å². The molecule has 4 rings (SSSR count). The molecular formula is C23H13Cl6FN2O2. The van der Waals surface area contributed by atoms with Gasteiger partial charge < -0.3 is 10.6 Å². The highest BCUT2D eigenvalue weighted by Gasteiger charge is 2.67. The molecule has 1 fully saturated rings. The topological polar surface area (TPSA) is 58.2 Å². The summed E-state index contributed by atoms with van der Waals surface area (Å²) in [5.41, 5.74) is 0.847. The number of hydrogen-bond donors (Lipinski definition) is 2. The van der Waals surface area contributed by atoms with E-state index in [0.717, 1.165) is 6.07 Å². The van der Waals surface area contributed by atoms with Gasteiger partial charge in [0.1, 0.15) is 10.2 Å². The van der Waals surface area contributed by atoms with Crippen LogP contribution < -0.4 is 10.6 Å². The van der Waals surface area contributed by atoms with Crippen molar-refractivity contribution in [3.63, 3.8) is 0 Å². The zero-order valence-corrected chi connectivity index (χ0v) is 21.3. The van der Waals surface area contributed by atoms with Crippen molar-refractivity contribution >= 4 is 92.8 Å². The molecule has 3 aromatic carbocycles. The van der Waals surface area contributed by atoms with Crippen molar-refractivity contribution in [1.82, 2.24) is 0 Å². The van der Waals surface area contributed by atoms with Crippen LogP contribution in [-0.4, -0.2) is 16.1 Å². The zero-order chi connectivity index (χ0) is 24.8. The summed E-state index contributed by atoms with van der Waals surface area (Å²) < 4.78 is 12.7. The Balaban J connectivity index is 1.52. The number of carbonyl (C=O) groups is 2. The van der Waals surface area contributed by atoms with Gasteiger partial charge in [0.25, 0.3) is 5.91 Å². The largest absolute Gasteiger partial charge is 0.326 e. The molecule has 1 aliphatic rings. The summed E-state index contributed by atoms with van der Waals surface area (Å²) in [6.45, 7) is 0. The molecule has 0 radical (unpaired) electrons. The van der Waals surface area contributed by atoms with Gasteiger partial charge in [-0.1, -0.05) is 46.4 Å². The molecule has 3 aromatic rings. The predicted octanol–water partition coefficient (Wildman–Crippen LogP) is 8.22. The summed E-state index contributed by atoms with van der Waals surface area (Å²) in [7, 11) is 0. The number of anilines is 2. The van der Waals surface area contributed by atoms with Crippen LogP contribution in [0.25, 0.3) is 0 Å². The van der Waals surface area contributed by atoms with Gasteiger partial charge >= 0.3 is 0 Å². The van der Waals surface area contributed by atoms with E-state index in [-0.39, 0.29) is 27.0 Å². The number of hydrogen-bond acceptors (Lipinski definition) is 2. The van der Waals surface area contributed by atoms with Crippen LogP contribution >= 0.6 is 69.6 Å². The van der Waals surface area contributed by atoms with E-state index in [2.05, 4.69) is 10.6 Å². The Morgan fingerprint density at radius 3 is 2.15 bits per heavy atom. The van der Waals surface area contributed by atoms with E-state index in [1.807, 2.05) is 0 Å². The summed E-state index contributed by atoms with van der Waals surface area (Å²) in [4.78, 5) is 25.6. The molecular weight excluding hydrogens is 568 g/mol. The van der Waals surface area contributed by atoms with Gasteiger partial charge in [-0.15, -0.1) is 23.2 Å². The number of carbonyl (C=O) groups excluding carboxylic acids is 2. The molecule has 0 aliphatic heterocycles. The second-order valence-electron chi connectivity index (χ2n) is 7.59. The monoisotopic (exact) mass is 578 g/mol. The number of benzene rings is 3. The van der Waals surface area contributed by atoms with Crippen molar-refractivity contribution in [3.05, 3.63) is 91.6 Å². The van der Waals surface area contributed by atoms with Gasteiger partial charge in [-0.3, -0.25) is 9.59 Å². The Morgan fingerprint density at radius 2 is 1.50 bits per heavy atom. The van der Waals surface area contributed by atoms with Gasteiger partial charge in [0.2, 0.25) is 5.91 Å². The summed E-state index contributed by atoms with van der Waals surface area (Å²) in [6.07, 6.45) is 0. The predicted molar refractivity (Wildman–Crippen MR) is 137 cm³/mol. The molecule has 1 saturated carbocycles. The fourth-order valence-corrected chi connectivity index (χ4v) is 5.33. The maximum Gasteiger partial charge on any atom is 0.257 e. The minimum Gasteiger partial charge on any atom is -0.326 e. The molecule has 0 bridgehead atoms. The molecule has 176 valence electrons. The Labute approximate surface area is 224 Å². The van der Waals surface area contributed by atoms with Crippen molar-refractivity contribution in [2.24, 2.45) is 5.92 Å². The summed E-state index contributed by atoms with van der Waals surface area (Å²) >= 11 is 36.8. The Hall–Kier alpha value is -1.73. The van der Waals surface area contributed by atoms with Crippen molar-refractivity contribution in [1.29, 1.82) is 0 Å². The zero-order valence-electron chi connectivity index (χ0n) is 16.8. The molecule has 2 atom stereocenters. The Bertz CT molecular complexity index is 1300. The highest BCUT2D eigenvalue weighted by atomic mass is 35.5. The van der Waals surface area contributed by atoms with Crippen LogP contribution in [0.4, 0.5) is 15.8 Å². The van der Waals surface area contributed by atoms with Crippen LogP contribution in [0, 0.1) is 11.7 Å². The van der Waals surface area contributed by atoms with E-state index in [1.54, 1.807) is 18.2 Å². The molecule has 0 spiro atoms. The van der Waals surface area contributed by atoms with Crippen LogP contribution in [0.15, 0.2) is 54.6 Å². The molecule has 2 unspecified atom stereocenters. The lowest BCUT2D eigenvalue weighted by Crippen LogP contribution is -2.18. The minimum absolute atomic E-state index is 0.0193. The third-order valence-electron chi connectivity index (χ3n) is 5.24. The molecule has 2 N–H and O–H groups in total. The number of amides is 2. The van der Waals surface area contributed by atoms with Gasteiger partial charge in [0.15, 0.2) is 0 Å². The molecule has 0 heterocycles. The lowest BCUT2D eigenvalue weighted by atomic mass is 10.1. The lowest BCUT2D eigenvalue weighted by molar-refractivity contribution is -0.117. The van der Waals surface area contributed by atoms with Gasteiger partial charge in [-0.2, -0.15) is 0 Å². The lowest BCUT2D eigenvalue weighted by Gasteiger charge is -2.11. The normalized spacial score (nSPS) is 18.3. The van der Waals surface area contributed by atoms with E-state index < -0.39 is 33.8 Å². The molecule has 2 amide bonds. The van der Waals surface area contributed by atoms with Crippen molar-refractivity contribution in [2.75, 3.05) is 10.6 Å².